The van der Waals surface area contributed by atoms with Gasteiger partial charge >= 0.3 is 6.09 Å². The summed E-state index contributed by atoms with van der Waals surface area (Å²) in [5, 5.41) is 10.4. The third-order valence-corrected chi connectivity index (χ3v) is 4.96. The molecule has 1 amide bonds. The Kier molecular flexibility index (Phi) is 6.03. The molecule has 0 spiro atoms. The van der Waals surface area contributed by atoms with E-state index in [1.165, 1.54) is 16.2 Å². The summed E-state index contributed by atoms with van der Waals surface area (Å²) in [6, 6.07) is 12.8. The zero-order valence-electron chi connectivity index (χ0n) is 16.9. The van der Waals surface area contributed by atoms with E-state index in [1.54, 1.807) is 19.2 Å². The molecular formula is C23H24N2O3S. The number of carbonyl (C=O) groups excluding carboxylic acids is 1. The number of nitrogens with zero attached hydrogens (tertiary/aromatic N) is 2. The van der Waals surface area contributed by atoms with Crippen LogP contribution in [0.15, 0.2) is 54.6 Å². The molecule has 0 fully saturated rings. The molecule has 0 aliphatic carbocycles. The molecule has 0 atom stereocenters. The van der Waals surface area contributed by atoms with Crippen LogP contribution in [0.4, 0.5) is 10.5 Å². The van der Waals surface area contributed by atoms with E-state index in [-0.39, 0.29) is 11.8 Å². The van der Waals surface area contributed by atoms with Gasteiger partial charge in [-0.2, -0.15) is 0 Å². The highest BCUT2D eigenvalue weighted by Crippen LogP contribution is 2.26. The Labute approximate surface area is 174 Å². The molecule has 1 aromatic heterocycles. The number of hydrogen-bond acceptors (Lipinski definition) is 5. The number of fused-ring (bicyclic) bond motifs is 1. The lowest BCUT2D eigenvalue weighted by atomic mass is 10.2. The summed E-state index contributed by atoms with van der Waals surface area (Å²) in [6.45, 7) is 5.54. The lowest BCUT2D eigenvalue weighted by molar-refractivity contribution is 0.0589. The number of benzene rings is 2. The quantitative estimate of drug-likeness (QED) is 0.530. The number of aromatic nitrogens is 1. The van der Waals surface area contributed by atoms with Gasteiger partial charge in [-0.05, 0) is 62.7 Å². The molecule has 0 bridgehead atoms. The molecular weight excluding hydrogens is 384 g/mol. The highest BCUT2D eigenvalue weighted by molar-refractivity contribution is 7.19. The Hall–Kier alpha value is -3.12. The largest absolute Gasteiger partial charge is 0.508 e. The number of anilines is 1. The number of allylic oxidation sites excluding steroid dienone is 2. The monoisotopic (exact) mass is 408 g/mol. The topological polar surface area (TPSA) is 62.7 Å². The van der Waals surface area contributed by atoms with Gasteiger partial charge in [0.15, 0.2) is 0 Å². The molecule has 1 N–H and O–H groups in total. The first kappa shape index (κ1) is 20.6. The van der Waals surface area contributed by atoms with E-state index < -0.39 is 5.60 Å². The summed E-state index contributed by atoms with van der Waals surface area (Å²) >= 11 is 1.53. The number of ether oxygens (including phenoxy) is 1. The Balaban J connectivity index is 1.62. The van der Waals surface area contributed by atoms with Crippen LogP contribution < -0.4 is 4.90 Å². The van der Waals surface area contributed by atoms with E-state index in [2.05, 4.69) is 4.98 Å². The second kappa shape index (κ2) is 8.49. The van der Waals surface area contributed by atoms with Crippen molar-refractivity contribution < 1.29 is 14.6 Å². The van der Waals surface area contributed by atoms with Crippen molar-refractivity contribution in [3.63, 3.8) is 0 Å². The van der Waals surface area contributed by atoms with E-state index in [0.717, 1.165) is 26.5 Å². The normalized spacial score (nSPS) is 12.1. The summed E-state index contributed by atoms with van der Waals surface area (Å²) in [5.74, 6) is 0.248. The maximum Gasteiger partial charge on any atom is 0.414 e. The van der Waals surface area contributed by atoms with Gasteiger partial charge in [0.2, 0.25) is 0 Å². The number of thiazole rings is 1. The van der Waals surface area contributed by atoms with E-state index in [1.807, 2.05) is 75.4 Å². The van der Waals surface area contributed by atoms with E-state index in [0.29, 0.717) is 0 Å². The maximum atomic E-state index is 12.1. The zero-order chi connectivity index (χ0) is 21.0. The van der Waals surface area contributed by atoms with Crippen molar-refractivity contribution in [2.24, 2.45) is 0 Å². The fourth-order valence-corrected chi connectivity index (χ4v) is 3.47. The second-order valence-corrected chi connectivity index (χ2v) is 8.62. The number of phenols is 1. The number of rotatable bonds is 4. The van der Waals surface area contributed by atoms with Gasteiger partial charge in [0.05, 0.1) is 10.2 Å². The molecule has 2 aromatic carbocycles. The number of aromatic hydroxyl groups is 1. The molecule has 0 aliphatic rings. The van der Waals surface area contributed by atoms with E-state index >= 15 is 0 Å². The van der Waals surface area contributed by atoms with Gasteiger partial charge in [-0.1, -0.05) is 30.4 Å². The summed E-state index contributed by atoms with van der Waals surface area (Å²) < 4.78 is 6.34. The highest BCUT2D eigenvalue weighted by Gasteiger charge is 2.20. The average Bonchev–Trinajstić information content (AvgIpc) is 3.05. The molecule has 0 unspecified atom stereocenters. The predicted octanol–water partition coefficient (Wildman–Crippen LogP) is 6.10. The van der Waals surface area contributed by atoms with Gasteiger partial charge in [-0.15, -0.1) is 11.3 Å². The number of phenolic OH excluding ortho intramolecular Hbond substituents is 1. The van der Waals surface area contributed by atoms with Crippen molar-refractivity contribution in [1.82, 2.24) is 4.98 Å². The Morgan fingerprint density at radius 1 is 1.10 bits per heavy atom. The van der Waals surface area contributed by atoms with Crippen LogP contribution in [0.2, 0.25) is 0 Å². The molecule has 0 aliphatic heterocycles. The Bertz CT molecular complexity index is 1060. The molecule has 0 saturated carbocycles. The van der Waals surface area contributed by atoms with Crippen molar-refractivity contribution in [1.29, 1.82) is 0 Å². The van der Waals surface area contributed by atoms with E-state index in [9.17, 15) is 9.90 Å². The minimum atomic E-state index is -0.524. The minimum Gasteiger partial charge on any atom is -0.508 e. The van der Waals surface area contributed by atoms with Crippen molar-refractivity contribution in [2.45, 2.75) is 26.4 Å². The van der Waals surface area contributed by atoms with Crippen LogP contribution in [0.25, 0.3) is 22.4 Å². The first-order valence-electron chi connectivity index (χ1n) is 9.22. The fourth-order valence-electron chi connectivity index (χ4n) is 2.55. The molecule has 6 heteroatoms. The zero-order valence-corrected chi connectivity index (χ0v) is 17.7. The van der Waals surface area contributed by atoms with Crippen molar-refractivity contribution >= 4 is 45.5 Å². The average molecular weight is 409 g/mol. The lowest BCUT2D eigenvalue weighted by Crippen LogP contribution is -2.34. The molecule has 29 heavy (non-hydrogen) atoms. The second-order valence-electron chi connectivity index (χ2n) is 7.55. The lowest BCUT2D eigenvalue weighted by Gasteiger charge is -2.24. The third kappa shape index (κ3) is 5.68. The highest BCUT2D eigenvalue weighted by atomic mass is 32.1. The van der Waals surface area contributed by atoms with E-state index in [4.69, 9.17) is 4.74 Å². The fraction of sp³-hybridized carbons (Fsp3) is 0.217. The molecule has 1 heterocycles. The van der Waals surface area contributed by atoms with Crippen LogP contribution in [-0.4, -0.2) is 28.8 Å². The van der Waals surface area contributed by atoms with Crippen LogP contribution >= 0.6 is 11.3 Å². The van der Waals surface area contributed by atoms with Gasteiger partial charge in [-0.25, -0.2) is 9.78 Å². The van der Waals surface area contributed by atoms with Crippen LogP contribution in [0.1, 0.15) is 31.3 Å². The molecule has 0 radical (unpaired) electrons. The first-order chi connectivity index (χ1) is 13.7. The summed E-state index contributed by atoms with van der Waals surface area (Å²) in [5.41, 5.74) is 2.14. The van der Waals surface area contributed by atoms with Crippen LogP contribution in [0.3, 0.4) is 0 Å². The molecule has 150 valence electrons. The van der Waals surface area contributed by atoms with Gasteiger partial charge < -0.3 is 9.84 Å². The molecule has 3 rings (SSSR count). The number of amides is 1. The molecule has 0 saturated heterocycles. The first-order valence-corrected chi connectivity index (χ1v) is 10.0. The van der Waals surface area contributed by atoms with Gasteiger partial charge in [0.1, 0.15) is 16.4 Å². The van der Waals surface area contributed by atoms with Gasteiger partial charge in [0.25, 0.3) is 0 Å². The van der Waals surface area contributed by atoms with Crippen LogP contribution in [0, 0.1) is 0 Å². The molecule has 5 nitrogen and oxygen atoms in total. The van der Waals surface area contributed by atoms with Crippen LogP contribution in [0.5, 0.6) is 5.75 Å². The predicted molar refractivity (Wildman–Crippen MR) is 120 cm³/mol. The van der Waals surface area contributed by atoms with Crippen molar-refractivity contribution in [3.8, 4) is 5.75 Å². The SMILES string of the molecule is CN(C(=O)OC(C)(C)C)c1ccc(/C=C/C=C/c2nc3ccc(O)cc3s2)cc1. The Morgan fingerprint density at radius 3 is 2.48 bits per heavy atom. The van der Waals surface area contributed by atoms with Crippen LogP contribution in [-0.2, 0) is 4.74 Å². The Morgan fingerprint density at radius 2 is 1.79 bits per heavy atom. The summed E-state index contributed by atoms with van der Waals surface area (Å²) in [6.07, 6.45) is 7.40. The number of hydrogen-bond donors (Lipinski definition) is 1. The minimum absolute atomic E-state index is 0.248. The van der Waals surface area contributed by atoms with Gasteiger partial charge in [-0.3, -0.25) is 4.90 Å². The standard InChI is InChI=1S/C23H24N2O3S/c1-23(2,3)28-22(27)25(4)17-11-9-16(10-12-17)7-5-6-8-21-24-19-14-13-18(26)15-20(19)29-21/h5-15,26H,1-4H3/b7-5+,8-6+. The van der Waals surface area contributed by atoms with Gasteiger partial charge in [0, 0.05) is 12.7 Å². The molecule has 3 aromatic rings. The number of carbonyl (C=O) groups is 1. The smallest absolute Gasteiger partial charge is 0.414 e. The van der Waals surface area contributed by atoms with Crippen molar-refractivity contribution in [3.05, 3.63) is 65.2 Å². The summed E-state index contributed by atoms with van der Waals surface area (Å²) in [7, 11) is 1.69. The van der Waals surface area contributed by atoms with Crippen molar-refractivity contribution in [2.75, 3.05) is 11.9 Å². The summed E-state index contributed by atoms with van der Waals surface area (Å²) in [4.78, 5) is 18.1. The third-order valence-electron chi connectivity index (χ3n) is 3.97. The maximum absolute atomic E-state index is 12.1.